The topological polar surface area (TPSA) is 81.8 Å². The zero-order valence-corrected chi connectivity index (χ0v) is 11.0. The molecular weight excluding hydrogens is 270 g/mol. The third-order valence-electron chi connectivity index (χ3n) is 2.61. The molecule has 1 aromatic carbocycles. The Morgan fingerprint density at radius 1 is 1.37 bits per heavy atom. The zero-order chi connectivity index (χ0) is 13.0. The van der Waals surface area contributed by atoms with E-state index in [1.54, 1.807) is 0 Å². The second-order valence-electron chi connectivity index (χ2n) is 4.10. The molecule has 0 amide bonds. The van der Waals surface area contributed by atoms with Crippen molar-refractivity contribution in [2.24, 2.45) is 5.73 Å². The maximum Gasteiger partial charge on any atom is 0.305 e. The summed E-state index contributed by atoms with van der Waals surface area (Å²) in [6.45, 7) is 0. The average molecular weight is 286 g/mol. The maximum absolute atomic E-state index is 10.5. The normalized spacial score (nSPS) is 18.6. The fourth-order valence-electron chi connectivity index (χ4n) is 1.71. The molecule has 0 bridgehead atoms. The lowest BCUT2D eigenvalue weighted by Crippen LogP contribution is -2.27. The summed E-state index contributed by atoms with van der Waals surface area (Å²) in [4.78, 5) is 10.5. The molecule has 1 heterocycles. The number of rotatable bonds is 5. The van der Waals surface area contributed by atoms with Crippen LogP contribution in [0.1, 0.15) is 12.0 Å². The number of nitrogens with two attached hydrogens (primary N) is 1. The lowest BCUT2D eigenvalue weighted by molar-refractivity contribution is -0.137. The van der Waals surface area contributed by atoms with Crippen LogP contribution in [0.5, 0.6) is 0 Å². The van der Waals surface area contributed by atoms with E-state index >= 15 is 0 Å². The van der Waals surface area contributed by atoms with Gasteiger partial charge in [-0.05, 0) is 5.56 Å². The molecule has 0 saturated carbocycles. The van der Waals surface area contributed by atoms with Crippen LogP contribution in [0.2, 0.25) is 0 Å². The molecule has 104 valence electrons. The fourth-order valence-corrected chi connectivity index (χ4v) is 1.71. The monoisotopic (exact) mass is 285 g/mol. The van der Waals surface area contributed by atoms with Crippen molar-refractivity contribution in [3.8, 4) is 0 Å². The molecule has 3 N–H and O–H groups in total. The highest BCUT2D eigenvalue weighted by molar-refractivity contribution is 5.85. The summed E-state index contributed by atoms with van der Waals surface area (Å²) in [7, 11) is 0. The first kappa shape index (κ1) is 15.3. The van der Waals surface area contributed by atoms with E-state index in [2.05, 4.69) is 0 Å². The second-order valence-corrected chi connectivity index (χ2v) is 4.10. The number of carbonyl (C=O) groups is 1. The van der Waals surface area contributed by atoms with Crippen LogP contribution >= 0.6 is 12.4 Å². The quantitative estimate of drug-likeness (QED) is 0.860. The highest BCUT2D eigenvalue weighted by Gasteiger charge is 2.25. The summed E-state index contributed by atoms with van der Waals surface area (Å²) < 4.78 is 10.8. The third-order valence-corrected chi connectivity index (χ3v) is 2.61. The Labute approximate surface area is 117 Å². The first-order chi connectivity index (χ1) is 8.65. The molecule has 2 atom stereocenters. The highest BCUT2D eigenvalue weighted by atomic mass is 35.5. The molecule has 0 aliphatic carbocycles. The lowest BCUT2D eigenvalue weighted by Gasteiger charge is -2.14. The number of hydrogen-bond donors (Lipinski definition) is 2. The van der Waals surface area contributed by atoms with Crippen LogP contribution in [0.15, 0.2) is 42.4 Å². The minimum atomic E-state index is -0.960. The molecule has 5 nitrogen and oxygen atoms in total. The SMILES string of the molecule is Cl.NC(CC(=O)O)C1=COC(Cc2ccccc2)O1. The van der Waals surface area contributed by atoms with Gasteiger partial charge in [-0.15, -0.1) is 12.4 Å². The standard InChI is InChI=1S/C13H15NO4.ClH/c14-10(7-12(15)16)11-8-17-13(18-11)6-9-4-2-1-3-5-9;/h1-5,8,10,13H,6-7,14H2,(H,15,16);1H. The molecule has 19 heavy (non-hydrogen) atoms. The predicted octanol–water partition coefficient (Wildman–Crippen LogP) is 1.67. The predicted molar refractivity (Wildman–Crippen MR) is 71.7 cm³/mol. The number of hydrogen-bond acceptors (Lipinski definition) is 4. The first-order valence-electron chi connectivity index (χ1n) is 5.68. The van der Waals surface area contributed by atoms with Crippen molar-refractivity contribution >= 4 is 18.4 Å². The van der Waals surface area contributed by atoms with Gasteiger partial charge in [0.05, 0.1) is 12.5 Å². The molecular formula is C13H16ClNO4. The molecule has 0 spiro atoms. The zero-order valence-electron chi connectivity index (χ0n) is 10.2. The van der Waals surface area contributed by atoms with E-state index in [1.165, 1.54) is 6.26 Å². The summed E-state index contributed by atoms with van der Waals surface area (Å²) in [6, 6.07) is 9.10. The van der Waals surface area contributed by atoms with Crippen LogP contribution in [0.4, 0.5) is 0 Å². The number of benzene rings is 1. The number of ether oxygens (including phenoxy) is 2. The van der Waals surface area contributed by atoms with Gasteiger partial charge in [-0.3, -0.25) is 4.79 Å². The van der Waals surface area contributed by atoms with Gasteiger partial charge >= 0.3 is 5.97 Å². The van der Waals surface area contributed by atoms with Gasteiger partial charge in [0.15, 0.2) is 5.76 Å². The number of aliphatic carboxylic acids is 1. The van der Waals surface area contributed by atoms with Crippen LogP contribution in [0.3, 0.4) is 0 Å². The molecule has 0 radical (unpaired) electrons. The summed E-state index contributed by atoms with van der Waals surface area (Å²) in [5.41, 5.74) is 6.77. The minimum Gasteiger partial charge on any atom is -0.481 e. The van der Waals surface area contributed by atoms with Crippen molar-refractivity contribution in [1.82, 2.24) is 0 Å². The van der Waals surface area contributed by atoms with Gasteiger partial charge in [0.25, 0.3) is 0 Å². The van der Waals surface area contributed by atoms with Gasteiger partial charge in [0.1, 0.15) is 6.26 Å². The highest BCUT2D eigenvalue weighted by Crippen LogP contribution is 2.21. The molecule has 0 aromatic heterocycles. The van der Waals surface area contributed by atoms with Crippen molar-refractivity contribution in [2.75, 3.05) is 0 Å². The van der Waals surface area contributed by atoms with Gasteiger partial charge in [-0.2, -0.15) is 0 Å². The van der Waals surface area contributed by atoms with Crippen LogP contribution in [-0.2, 0) is 20.7 Å². The molecule has 2 rings (SSSR count). The Morgan fingerprint density at radius 2 is 2.05 bits per heavy atom. The van der Waals surface area contributed by atoms with Crippen molar-refractivity contribution in [3.63, 3.8) is 0 Å². The molecule has 0 fully saturated rings. The third kappa shape index (κ3) is 4.46. The van der Waals surface area contributed by atoms with Crippen molar-refractivity contribution in [1.29, 1.82) is 0 Å². The maximum atomic E-state index is 10.5. The minimum absolute atomic E-state index is 0. The largest absolute Gasteiger partial charge is 0.481 e. The van der Waals surface area contributed by atoms with Crippen molar-refractivity contribution < 1.29 is 19.4 Å². The van der Waals surface area contributed by atoms with Gasteiger partial charge < -0.3 is 20.3 Å². The smallest absolute Gasteiger partial charge is 0.305 e. The van der Waals surface area contributed by atoms with E-state index in [9.17, 15) is 4.79 Å². The number of halogens is 1. The van der Waals surface area contributed by atoms with Crippen LogP contribution in [0.25, 0.3) is 0 Å². The van der Waals surface area contributed by atoms with Crippen LogP contribution in [-0.4, -0.2) is 23.4 Å². The van der Waals surface area contributed by atoms with E-state index in [0.717, 1.165) is 5.56 Å². The summed E-state index contributed by atoms with van der Waals surface area (Å²) >= 11 is 0. The van der Waals surface area contributed by atoms with E-state index in [0.29, 0.717) is 12.2 Å². The number of carboxylic acid groups (broad SMARTS) is 1. The van der Waals surface area contributed by atoms with E-state index in [1.807, 2.05) is 30.3 Å². The van der Waals surface area contributed by atoms with Gasteiger partial charge in [-0.25, -0.2) is 0 Å². The van der Waals surface area contributed by atoms with Gasteiger partial charge in [0, 0.05) is 6.42 Å². The Morgan fingerprint density at radius 3 is 2.68 bits per heavy atom. The first-order valence-corrected chi connectivity index (χ1v) is 5.68. The van der Waals surface area contributed by atoms with E-state index < -0.39 is 18.3 Å². The van der Waals surface area contributed by atoms with E-state index in [4.69, 9.17) is 20.3 Å². The Kier molecular flexibility index (Phi) is 5.66. The molecule has 6 heteroatoms. The molecule has 1 aromatic rings. The Hall–Kier alpha value is -1.72. The molecule has 0 saturated heterocycles. The summed E-state index contributed by atoms with van der Waals surface area (Å²) in [6.07, 6.45) is 1.40. The van der Waals surface area contributed by atoms with Crippen LogP contribution in [0, 0.1) is 0 Å². The van der Waals surface area contributed by atoms with Gasteiger partial charge in [-0.1, -0.05) is 30.3 Å². The lowest BCUT2D eigenvalue weighted by atomic mass is 10.1. The van der Waals surface area contributed by atoms with Crippen molar-refractivity contribution in [3.05, 3.63) is 47.9 Å². The van der Waals surface area contributed by atoms with Crippen LogP contribution < -0.4 is 5.73 Å². The van der Waals surface area contributed by atoms with Crippen molar-refractivity contribution in [2.45, 2.75) is 25.2 Å². The number of carboxylic acids is 1. The van der Waals surface area contributed by atoms with Gasteiger partial charge in [0.2, 0.25) is 6.29 Å². The fraction of sp³-hybridized carbons (Fsp3) is 0.308. The molecule has 1 aliphatic rings. The molecule has 1 aliphatic heterocycles. The van der Waals surface area contributed by atoms with E-state index in [-0.39, 0.29) is 18.8 Å². The Balaban J connectivity index is 0.00000180. The molecule has 2 unspecified atom stereocenters. The summed E-state index contributed by atoms with van der Waals surface area (Å²) in [5, 5.41) is 8.64. The Bertz CT molecular complexity index is 449. The summed E-state index contributed by atoms with van der Waals surface area (Å²) in [5.74, 6) is -0.572. The second kappa shape index (κ2) is 7.01. The average Bonchev–Trinajstić information content (AvgIpc) is 2.78.